The van der Waals surface area contributed by atoms with Gasteiger partial charge in [-0.2, -0.15) is 4.98 Å². The highest BCUT2D eigenvalue weighted by Gasteiger charge is 2.29. The van der Waals surface area contributed by atoms with E-state index >= 15 is 0 Å². The molecule has 0 atom stereocenters. The highest BCUT2D eigenvalue weighted by Crippen LogP contribution is 2.32. The highest BCUT2D eigenvalue weighted by atomic mass is 16.5. The van der Waals surface area contributed by atoms with E-state index in [0.717, 1.165) is 16.7 Å². The summed E-state index contributed by atoms with van der Waals surface area (Å²) in [5, 5.41) is 0.945. The van der Waals surface area contributed by atoms with Crippen LogP contribution in [0, 0.1) is 0 Å². The van der Waals surface area contributed by atoms with Crippen molar-refractivity contribution in [3.05, 3.63) is 17.8 Å². The van der Waals surface area contributed by atoms with Crippen LogP contribution in [0.25, 0.3) is 11.0 Å². The number of nitrogens with zero attached hydrogens (tertiary/aromatic N) is 3. The third-order valence-electron chi connectivity index (χ3n) is 3.39. The number of carbonyl (C=O) groups is 1. The summed E-state index contributed by atoms with van der Waals surface area (Å²) in [5.74, 6) is 0.324. The molecule has 0 unspecified atom stereocenters. The van der Waals surface area contributed by atoms with Gasteiger partial charge in [0.25, 0.3) is 0 Å². The average Bonchev–Trinajstić information content (AvgIpc) is 2.77. The van der Waals surface area contributed by atoms with Crippen molar-refractivity contribution < 1.29 is 9.53 Å². The maximum atomic E-state index is 12.1. The number of esters is 1. The number of nitrogens with one attached hydrogen (secondary N) is 1. The molecular weight excluding hydrogens is 268 g/mol. The van der Waals surface area contributed by atoms with E-state index < -0.39 is 0 Å². The SMILES string of the molecule is COC(=O)c1cc2c([N+](C)(C)C)c[nH]c2nc1[N+](C)(C)C. The van der Waals surface area contributed by atoms with E-state index in [2.05, 4.69) is 31.1 Å². The average molecular weight is 292 g/mol. The Hall–Kier alpha value is -1.92. The van der Waals surface area contributed by atoms with Crippen LogP contribution in [0.1, 0.15) is 10.4 Å². The Labute approximate surface area is 125 Å². The van der Waals surface area contributed by atoms with Gasteiger partial charge in [-0.05, 0) is 6.07 Å². The Morgan fingerprint density at radius 1 is 1.14 bits per heavy atom. The molecule has 2 heterocycles. The number of aromatic nitrogens is 2. The fourth-order valence-electron chi connectivity index (χ4n) is 2.35. The number of quaternary nitrogens is 2. The minimum atomic E-state index is -0.360. The molecule has 0 bridgehead atoms. The van der Waals surface area contributed by atoms with Crippen molar-refractivity contribution in [3.8, 4) is 0 Å². The number of H-pyrrole nitrogens is 1. The number of methoxy groups -OCH3 is 1. The Morgan fingerprint density at radius 3 is 2.24 bits per heavy atom. The summed E-state index contributed by atoms with van der Waals surface area (Å²) in [5.41, 5.74) is 2.37. The van der Waals surface area contributed by atoms with Crippen molar-refractivity contribution in [2.75, 3.05) is 49.4 Å². The van der Waals surface area contributed by atoms with Gasteiger partial charge in [0.15, 0.2) is 5.69 Å². The van der Waals surface area contributed by atoms with Crippen molar-refractivity contribution in [2.24, 2.45) is 0 Å². The van der Waals surface area contributed by atoms with E-state index in [1.54, 1.807) is 0 Å². The van der Waals surface area contributed by atoms with Crippen molar-refractivity contribution in [2.45, 2.75) is 0 Å². The second-order valence-electron chi connectivity index (χ2n) is 6.95. The van der Waals surface area contributed by atoms with E-state index in [4.69, 9.17) is 4.74 Å². The molecule has 0 saturated carbocycles. The number of fused-ring (bicyclic) bond motifs is 1. The third-order valence-corrected chi connectivity index (χ3v) is 3.39. The van der Waals surface area contributed by atoms with Crippen LogP contribution in [0.4, 0.5) is 11.5 Å². The van der Waals surface area contributed by atoms with Crippen LogP contribution in [-0.2, 0) is 4.74 Å². The summed E-state index contributed by atoms with van der Waals surface area (Å²) in [4.78, 5) is 20.0. The first-order valence-electron chi connectivity index (χ1n) is 6.80. The largest absolute Gasteiger partial charge is 0.465 e. The molecule has 0 saturated heterocycles. The van der Waals surface area contributed by atoms with Gasteiger partial charge < -0.3 is 9.72 Å². The topological polar surface area (TPSA) is 55.0 Å². The van der Waals surface area contributed by atoms with Crippen LogP contribution in [0.15, 0.2) is 12.3 Å². The van der Waals surface area contributed by atoms with E-state index in [0.29, 0.717) is 20.3 Å². The molecule has 0 aliphatic rings. The number of ether oxygens (including phenoxy) is 1. The lowest BCUT2D eigenvalue weighted by Gasteiger charge is -2.24. The molecule has 0 aliphatic carbocycles. The quantitative estimate of drug-likeness (QED) is 0.692. The van der Waals surface area contributed by atoms with Crippen LogP contribution < -0.4 is 8.97 Å². The van der Waals surface area contributed by atoms with Crippen molar-refractivity contribution in [1.29, 1.82) is 0 Å². The molecule has 0 aliphatic heterocycles. The molecule has 6 nitrogen and oxygen atoms in total. The standard InChI is InChI=1S/C15H23N4O2/c1-18(2,3)12-9-16-13-10(12)8-11(15(20)21-7)14(17-13)19(4,5)6/h8-9H,1-7H3/q+1/p+1. The molecule has 2 aromatic rings. The van der Waals surface area contributed by atoms with E-state index in [1.165, 1.54) is 7.11 Å². The van der Waals surface area contributed by atoms with Gasteiger partial charge >= 0.3 is 5.97 Å². The second-order valence-corrected chi connectivity index (χ2v) is 6.95. The normalized spacial score (nSPS) is 12.7. The maximum Gasteiger partial charge on any atom is 0.345 e. The first-order chi connectivity index (χ1) is 9.55. The minimum absolute atomic E-state index is 0.360. The van der Waals surface area contributed by atoms with Crippen LogP contribution in [0.2, 0.25) is 0 Å². The molecule has 2 rings (SSSR count). The Kier molecular flexibility index (Phi) is 3.55. The maximum absolute atomic E-state index is 12.1. The van der Waals surface area contributed by atoms with Crippen molar-refractivity contribution in [3.63, 3.8) is 0 Å². The van der Waals surface area contributed by atoms with Gasteiger partial charge in [-0.15, -0.1) is 0 Å². The van der Waals surface area contributed by atoms with Gasteiger partial charge in [-0.3, -0.25) is 8.97 Å². The molecule has 0 fully saturated rings. The summed E-state index contributed by atoms with van der Waals surface area (Å²) in [7, 11) is 13.6. The monoisotopic (exact) mass is 292 g/mol. The summed E-state index contributed by atoms with van der Waals surface area (Å²) in [6, 6.07) is 1.88. The zero-order valence-corrected chi connectivity index (χ0v) is 13.8. The minimum Gasteiger partial charge on any atom is -0.465 e. The van der Waals surface area contributed by atoms with Crippen LogP contribution >= 0.6 is 0 Å². The Morgan fingerprint density at radius 2 is 1.76 bits per heavy atom. The van der Waals surface area contributed by atoms with Gasteiger partial charge in [-0.1, -0.05) is 0 Å². The zero-order chi connectivity index (χ0) is 16.0. The molecule has 0 amide bonds. The lowest BCUT2D eigenvalue weighted by atomic mass is 10.1. The van der Waals surface area contributed by atoms with Crippen LogP contribution in [0.3, 0.4) is 0 Å². The summed E-state index contributed by atoms with van der Waals surface area (Å²) in [6.45, 7) is 0. The second kappa shape index (κ2) is 4.82. The summed E-state index contributed by atoms with van der Waals surface area (Å²) < 4.78 is 6.01. The smallest absolute Gasteiger partial charge is 0.345 e. The van der Waals surface area contributed by atoms with Crippen molar-refractivity contribution >= 4 is 28.5 Å². The number of hydrogen-bond acceptors (Lipinski definition) is 3. The number of carbonyl (C=O) groups excluding carboxylic acids is 1. The molecule has 0 aromatic carbocycles. The number of rotatable bonds is 3. The van der Waals surface area contributed by atoms with Gasteiger partial charge in [0, 0.05) is 0 Å². The summed E-state index contributed by atoms with van der Waals surface area (Å²) >= 11 is 0. The fourth-order valence-corrected chi connectivity index (χ4v) is 2.35. The van der Waals surface area contributed by atoms with Crippen molar-refractivity contribution in [1.82, 2.24) is 18.9 Å². The number of pyridine rings is 1. The molecule has 114 valence electrons. The summed E-state index contributed by atoms with van der Waals surface area (Å²) in [6.07, 6.45) is 1.94. The van der Waals surface area contributed by atoms with E-state index in [9.17, 15) is 4.79 Å². The highest BCUT2D eigenvalue weighted by molar-refractivity contribution is 6.01. The fraction of sp³-hybridized carbons (Fsp3) is 0.467. The first-order valence-corrected chi connectivity index (χ1v) is 6.80. The molecular formula is C15H24N4O2+2. The van der Waals surface area contributed by atoms with E-state index in [-0.39, 0.29) is 5.97 Å². The van der Waals surface area contributed by atoms with Gasteiger partial charge in [-0.25, -0.2) is 4.79 Å². The Balaban J connectivity index is 2.80. The predicted octanol–water partition coefficient (Wildman–Crippen LogP) is 1.74. The number of hydrogen-bond donors (Lipinski definition) is 1. The van der Waals surface area contributed by atoms with Gasteiger partial charge in [0.2, 0.25) is 5.82 Å². The van der Waals surface area contributed by atoms with Crippen LogP contribution in [0.5, 0.6) is 0 Å². The van der Waals surface area contributed by atoms with E-state index in [1.807, 2.05) is 33.4 Å². The molecule has 0 spiro atoms. The third kappa shape index (κ3) is 2.77. The van der Waals surface area contributed by atoms with Gasteiger partial charge in [0.1, 0.15) is 11.2 Å². The van der Waals surface area contributed by atoms with Crippen LogP contribution in [-0.4, -0.2) is 65.3 Å². The molecule has 0 radical (unpaired) electrons. The lowest BCUT2D eigenvalue weighted by molar-refractivity contribution is 0.0599. The molecule has 6 heteroatoms. The molecule has 1 N–H and O–H groups in total. The van der Waals surface area contributed by atoms with Gasteiger partial charge in [0.05, 0.1) is 61.0 Å². The number of aromatic amines is 1. The first kappa shape index (κ1) is 15.5. The Bertz CT molecular complexity index is 690. The predicted molar refractivity (Wildman–Crippen MR) is 86.6 cm³/mol. The zero-order valence-electron chi connectivity index (χ0n) is 13.8. The molecule has 2 aromatic heterocycles. The molecule has 21 heavy (non-hydrogen) atoms. The lowest BCUT2D eigenvalue weighted by Crippen LogP contribution is -2.37.